The van der Waals surface area contributed by atoms with E-state index < -0.39 is 16.6 Å². The maximum atomic E-state index is 13.2. The van der Waals surface area contributed by atoms with Gasteiger partial charge in [0.15, 0.2) is 0 Å². The van der Waals surface area contributed by atoms with Crippen LogP contribution in [0.3, 0.4) is 0 Å². The van der Waals surface area contributed by atoms with E-state index in [4.69, 9.17) is 4.74 Å². The molecule has 3 rings (SSSR count). The zero-order valence-electron chi connectivity index (χ0n) is 16.4. The SMILES string of the molecule is COC(=O)c1ccc(CN(Cc2ccccc2)C(=O)N2CCS(O)(O)CC2)cc1. The first-order valence-electron chi connectivity index (χ1n) is 9.36. The fraction of sp³-hybridized carbons (Fsp3) is 0.333. The fourth-order valence-electron chi connectivity index (χ4n) is 3.20. The largest absolute Gasteiger partial charge is 0.465 e. The van der Waals surface area contributed by atoms with Crippen LogP contribution in [0.15, 0.2) is 54.6 Å². The molecule has 0 unspecified atom stereocenters. The number of esters is 1. The smallest absolute Gasteiger partial charge is 0.337 e. The summed E-state index contributed by atoms with van der Waals surface area (Å²) in [5.41, 5.74) is 2.36. The summed E-state index contributed by atoms with van der Waals surface area (Å²) in [7, 11) is -1.23. The molecule has 2 aromatic rings. The minimum Gasteiger partial charge on any atom is -0.465 e. The van der Waals surface area contributed by atoms with Gasteiger partial charge in [0.2, 0.25) is 0 Å². The molecule has 156 valence electrons. The van der Waals surface area contributed by atoms with Crippen LogP contribution in [0.2, 0.25) is 0 Å². The highest BCUT2D eigenvalue weighted by Gasteiger charge is 2.28. The van der Waals surface area contributed by atoms with Gasteiger partial charge in [0, 0.05) is 26.2 Å². The number of ether oxygens (including phenoxy) is 1. The molecule has 1 fully saturated rings. The molecule has 8 heteroatoms. The second kappa shape index (κ2) is 9.30. The molecular weight excluding hydrogens is 392 g/mol. The van der Waals surface area contributed by atoms with E-state index in [1.807, 2.05) is 42.5 Å². The van der Waals surface area contributed by atoms with Crippen LogP contribution < -0.4 is 0 Å². The Hall–Kier alpha value is -2.55. The number of methoxy groups -OCH3 is 1. The number of urea groups is 1. The van der Waals surface area contributed by atoms with Crippen LogP contribution in [-0.4, -0.2) is 62.6 Å². The van der Waals surface area contributed by atoms with Crippen LogP contribution in [-0.2, 0) is 17.8 Å². The predicted octanol–water partition coefficient (Wildman–Crippen LogP) is 3.66. The van der Waals surface area contributed by atoms with Gasteiger partial charge >= 0.3 is 12.0 Å². The number of amides is 2. The van der Waals surface area contributed by atoms with Crippen LogP contribution in [0.25, 0.3) is 0 Å². The molecule has 0 atom stereocenters. The molecule has 0 aromatic heterocycles. The molecule has 0 saturated carbocycles. The Labute approximate surface area is 172 Å². The molecule has 2 amide bonds. The molecule has 0 spiro atoms. The third-order valence-corrected chi connectivity index (χ3v) is 6.55. The van der Waals surface area contributed by atoms with Gasteiger partial charge in [-0.25, -0.2) is 9.59 Å². The van der Waals surface area contributed by atoms with E-state index in [1.54, 1.807) is 21.9 Å². The summed E-state index contributed by atoms with van der Waals surface area (Å²) in [6, 6.07) is 16.6. The maximum absolute atomic E-state index is 13.2. The zero-order chi connectivity index (χ0) is 20.9. The Kier molecular flexibility index (Phi) is 6.79. The standard InChI is InChI=1S/C21H26N2O5S/c1-28-20(24)19-9-7-18(8-10-19)16-23(15-17-5-3-2-4-6-17)21(25)22-11-13-29(26,27)14-12-22/h2-10,26-27H,11-16H2,1H3. The number of carbonyl (C=O) groups excluding carboxylic acids is 2. The maximum Gasteiger partial charge on any atom is 0.337 e. The van der Waals surface area contributed by atoms with Crippen LogP contribution in [0.4, 0.5) is 4.79 Å². The van der Waals surface area contributed by atoms with E-state index in [2.05, 4.69) is 0 Å². The van der Waals surface area contributed by atoms with Crippen molar-refractivity contribution in [3.8, 4) is 0 Å². The van der Waals surface area contributed by atoms with Crippen LogP contribution in [0.5, 0.6) is 0 Å². The molecule has 1 saturated heterocycles. The van der Waals surface area contributed by atoms with Crippen molar-refractivity contribution in [1.29, 1.82) is 0 Å². The lowest BCUT2D eigenvalue weighted by atomic mass is 10.1. The number of hydrogen-bond donors (Lipinski definition) is 2. The van der Waals surface area contributed by atoms with Gasteiger partial charge in [-0.3, -0.25) is 9.11 Å². The first-order valence-corrected chi connectivity index (χ1v) is 11.2. The number of hydrogen-bond acceptors (Lipinski definition) is 5. The van der Waals surface area contributed by atoms with E-state index in [1.165, 1.54) is 7.11 Å². The van der Waals surface area contributed by atoms with Crippen molar-refractivity contribution in [1.82, 2.24) is 9.80 Å². The molecule has 29 heavy (non-hydrogen) atoms. The Morgan fingerprint density at radius 2 is 1.52 bits per heavy atom. The lowest BCUT2D eigenvalue weighted by Crippen LogP contribution is -2.48. The fourth-order valence-corrected chi connectivity index (χ4v) is 4.43. The summed E-state index contributed by atoms with van der Waals surface area (Å²) in [6.07, 6.45) is 0. The zero-order valence-corrected chi connectivity index (χ0v) is 17.2. The molecule has 1 aliphatic heterocycles. The molecule has 2 aromatic carbocycles. The lowest BCUT2D eigenvalue weighted by Gasteiger charge is -2.42. The topological polar surface area (TPSA) is 90.3 Å². The number of nitrogens with zero attached hydrogens (tertiary/aromatic N) is 2. The second-order valence-electron chi connectivity index (χ2n) is 7.01. The molecule has 2 N–H and O–H groups in total. The third kappa shape index (κ3) is 5.72. The van der Waals surface area contributed by atoms with Gasteiger partial charge in [0.05, 0.1) is 24.2 Å². The van der Waals surface area contributed by atoms with Gasteiger partial charge in [-0.05, 0) is 23.3 Å². The van der Waals surface area contributed by atoms with E-state index in [9.17, 15) is 18.7 Å². The first-order chi connectivity index (χ1) is 13.9. The molecule has 7 nitrogen and oxygen atoms in total. The van der Waals surface area contributed by atoms with E-state index in [0.29, 0.717) is 31.7 Å². The number of rotatable bonds is 5. The highest BCUT2D eigenvalue weighted by atomic mass is 32.3. The quantitative estimate of drug-likeness (QED) is 0.723. The summed E-state index contributed by atoms with van der Waals surface area (Å²) in [6.45, 7) is 1.47. The third-order valence-electron chi connectivity index (χ3n) is 4.88. The summed E-state index contributed by atoms with van der Waals surface area (Å²) in [4.78, 5) is 28.2. The lowest BCUT2D eigenvalue weighted by molar-refractivity contribution is 0.0600. The molecule has 1 aliphatic rings. The van der Waals surface area contributed by atoms with Crippen molar-refractivity contribution in [3.63, 3.8) is 0 Å². The van der Waals surface area contributed by atoms with Crippen molar-refractivity contribution < 1.29 is 23.4 Å². The summed E-state index contributed by atoms with van der Waals surface area (Å²) in [5, 5.41) is 0. The molecule has 0 bridgehead atoms. The monoisotopic (exact) mass is 418 g/mol. The molecule has 1 heterocycles. The Morgan fingerprint density at radius 1 is 0.966 bits per heavy atom. The van der Waals surface area contributed by atoms with E-state index in [0.717, 1.165) is 11.1 Å². The minimum absolute atomic E-state index is 0.138. The molecule has 0 radical (unpaired) electrons. The van der Waals surface area contributed by atoms with Crippen molar-refractivity contribution in [2.45, 2.75) is 13.1 Å². The average molecular weight is 419 g/mol. The molecular formula is C21H26N2O5S. The van der Waals surface area contributed by atoms with Gasteiger partial charge in [-0.1, -0.05) is 42.5 Å². The van der Waals surface area contributed by atoms with Crippen molar-refractivity contribution in [3.05, 3.63) is 71.3 Å². The second-order valence-corrected chi connectivity index (χ2v) is 9.43. The van der Waals surface area contributed by atoms with E-state index >= 15 is 0 Å². The summed E-state index contributed by atoms with van der Waals surface area (Å²) in [5.74, 6) is 0.0263. The van der Waals surface area contributed by atoms with Gasteiger partial charge in [0.25, 0.3) is 0 Å². The van der Waals surface area contributed by atoms with Crippen molar-refractivity contribution in [2.24, 2.45) is 0 Å². The average Bonchev–Trinajstić information content (AvgIpc) is 2.73. The van der Waals surface area contributed by atoms with Crippen molar-refractivity contribution >= 4 is 22.6 Å². The summed E-state index contributed by atoms with van der Waals surface area (Å²) >= 11 is 0. The Bertz CT molecular complexity index is 832. The van der Waals surface area contributed by atoms with Crippen molar-refractivity contribution in [2.75, 3.05) is 31.7 Å². The highest BCUT2D eigenvalue weighted by Crippen LogP contribution is 2.40. The minimum atomic E-state index is -2.56. The highest BCUT2D eigenvalue weighted by molar-refractivity contribution is 8.24. The van der Waals surface area contributed by atoms with Gasteiger partial charge in [-0.2, -0.15) is 10.6 Å². The van der Waals surface area contributed by atoms with E-state index in [-0.39, 0.29) is 17.5 Å². The van der Waals surface area contributed by atoms with Crippen LogP contribution >= 0.6 is 10.6 Å². The number of benzene rings is 2. The van der Waals surface area contributed by atoms with Gasteiger partial charge in [-0.15, -0.1) is 0 Å². The normalized spacial score (nSPS) is 16.7. The Balaban J connectivity index is 1.76. The molecule has 0 aliphatic carbocycles. The van der Waals surface area contributed by atoms with Gasteiger partial charge in [0.1, 0.15) is 0 Å². The van der Waals surface area contributed by atoms with Crippen LogP contribution in [0.1, 0.15) is 21.5 Å². The first kappa shape index (κ1) is 21.2. The van der Waals surface area contributed by atoms with Crippen LogP contribution in [0, 0.1) is 0 Å². The predicted molar refractivity (Wildman–Crippen MR) is 113 cm³/mol. The summed E-state index contributed by atoms with van der Waals surface area (Å²) < 4.78 is 24.4. The Morgan fingerprint density at radius 3 is 2.07 bits per heavy atom. The van der Waals surface area contributed by atoms with Gasteiger partial charge < -0.3 is 14.5 Å². The number of carbonyl (C=O) groups is 2.